The molecular formula is C13H22FNO. The lowest BCUT2D eigenvalue weighted by atomic mass is 10.2. The normalized spacial score (nSPS) is 13.9. The maximum absolute atomic E-state index is 11.9. The van der Waals surface area contributed by atoms with E-state index >= 15 is 0 Å². The number of nitrogens with one attached hydrogen (secondary N) is 1. The highest BCUT2D eigenvalue weighted by atomic mass is 19.1. The van der Waals surface area contributed by atoms with Crippen LogP contribution in [-0.2, 0) is 0 Å². The van der Waals surface area contributed by atoms with Crippen molar-refractivity contribution in [1.29, 1.82) is 0 Å². The monoisotopic (exact) mass is 227 g/mol. The topological polar surface area (TPSA) is 32.3 Å². The van der Waals surface area contributed by atoms with E-state index in [9.17, 15) is 4.39 Å². The summed E-state index contributed by atoms with van der Waals surface area (Å²) in [6.45, 7) is 4.43. The Bertz CT molecular complexity index is 213. The lowest BCUT2D eigenvalue weighted by Crippen LogP contribution is -2.21. The molecule has 0 unspecified atom stereocenters. The molecule has 3 heteroatoms. The molecule has 0 atom stereocenters. The van der Waals surface area contributed by atoms with Crippen LogP contribution in [0.15, 0.2) is 30.3 Å². The molecule has 0 spiro atoms. The molecule has 0 saturated carbocycles. The maximum Gasteiger partial charge on any atom is 0.123 e. The van der Waals surface area contributed by atoms with Gasteiger partial charge in [0.15, 0.2) is 0 Å². The summed E-state index contributed by atoms with van der Waals surface area (Å²) in [4.78, 5) is 0. The average molecular weight is 227 g/mol. The Balaban J connectivity index is 0.000000230. The quantitative estimate of drug-likeness (QED) is 0.714. The van der Waals surface area contributed by atoms with E-state index in [4.69, 9.17) is 5.11 Å². The number of aliphatic hydroxyl groups is 1. The van der Waals surface area contributed by atoms with Gasteiger partial charge in [-0.15, -0.1) is 0 Å². The van der Waals surface area contributed by atoms with Crippen molar-refractivity contribution in [3.8, 4) is 0 Å². The van der Waals surface area contributed by atoms with Gasteiger partial charge in [0.05, 0.1) is 0 Å². The number of benzene rings is 1. The molecule has 0 amide bonds. The molecule has 0 radical (unpaired) electrons. The smallest absolute Gasteiger partial charge is 0.123 e. The van der Waals surface area contributed by atoms with E-state index in [1.807, 2.05) is 0 Å². The molecule has 2 N–H and O–H groups in total. The first kappa shape index (κ1) is 15.1. The zero-order chi connectivity index (χ0) is 12.1. The van der Waals surface area contributed by atoms with Gasteiger partial charge < -0.3 is 10.4 Å². The Morgan fingerprint density at radius 1 is 1.12 bits per heavy atom. The molecule has 1 aliphatic rings. The van der Waals surface area contributed by atoms with Crippen molar-refractivity contribution in [3.63, 3.8) is 0 Å². The Kier molecular flexibility index (Phi) is 11.4. The summed E-state index contributed by atoms with van der Waals surface area (Å²) in [7, 11) is 0. The number of hydrogen-bond acceptors (Lipinski definition) is 2. The first-order valence-corrected chi connectivity index (χ1v) is 5.83. The standard InChI is InChI=1S/C6H5F.C5H11N.C2H6O/c7-6-4-2-1-3-5-6;1-2-4-6-5-3-1;1-2-3/h1-5H;6H,1-5H2;3H,2H2,1H3. The van der Waals surface area contributed by atoms with Gasteiger partial charge in [0.25, 0.3) is 0 Å². The fourth-order valence-corrected chi connectivity index (χ4v) is 1.22. The van der Waals surface area contributed by atoms with Crippen molar-refractivity contribution in [2.24, 2.45) is 0 Å². The molecule has 16 heavy (non-hydrogen) atoms. The van der Waals surface area contributed by atoms with Gasteiger partial charge in [0.1, 0.15) is 5.82 Å². The first-order valence-electron chi connectivity index (χ1n) is 5.83. The van der Waals surface area contributed by atoms with Crippen LogP contribution >= 0.6 is 0 Å². The summed E-state index contributed by atoms with van der Waals surface area (Å²) in [5.74, 6) is -0.178. The number of hydrogen-bond donors (Lipinski definition) is 2. The highest BCUT2D eigenvalue weighted by Gasteiger charge is 1.93. The molecule has 1 fully saturated rings. The van der Waals surface area contributed by atoms with Gasteiger partial charge in [-0.25, -0.2) is 4.39 Å². The van der Waals surface area contributed by atoms with Crippen LogP contribution in [0.2, 0.25) is 0 Å². The van der Waals surface area contributed by atoms with Crippen LogP contribution in [0, 0.1) is 5.82 Å². The third-order valence-electron chi connectivity index (χ3n) is 1.94. The molecule has 2 rings (SSSR count). The summed E-state index contributed by atoms with van der Waals surface area (Å²) < 4.78 is 11.9. The van der Waals surface area contributed by atoms with Crippen molar-refractivity contribution >= 4 is 0 Å². The number of aliphatic hydroxyl groups excluding tert-OH is 1. The number of halogens is 1. The van der Waals surface area contributed by atoms with Gasteiger partial charge in [-0.1, -0.05) is 24.6 Å². The fourth-order valence-electron chi connectivity index (χ4n) is 1.22. The Labute approximate surface area is 97.5 Å². The summed E-state index contributed by atoms with van der Waals surface area (Å²) >= 11 is 0. The molecule has 1 aromatic rings. The Hall–Kier alpha value is -0.930. The van der Waals surface area contributed by atoms with Gasteiger partial charge in [-0.05, 0) is 45.0 Å². The number of piperidine rings is 1. The Morgan fingerprint density at radius 3 is 1.81 bits per heavy atom. The summed E-state index contributed by atoms with van der Waals surface area (Å²) in [6.07, 6.45) is 4.22. The zero-order valence-corrected chi connectivity index (χ0v) is 9.95. The van der Waals surface area contributed by atoms with E-state index in [1.165, 1.54) is 44.5 Å². The number of rotatable bonds is 0. The molecule has 0 aliphatic carbocycles. The lowest BCUT2D eigenvalue weighted by Gasteiger charge is -2.08. The van der Waals surface area contributed by atoms with Crippen molar-refractivity contribution in [3.05, 3.63) is 36.1 Å². The predicted molar refractivity (Wildman–Crippen MR) is 65.9 cm³/mol. The van der Waals surface area contributed by atoms with Crippen LogP contribution in [0.3, 0.4) is 0 Å². The van der Waals surface area contributed by atoms with E-state index in [0.29, 0.717) is 0 Å². The molecular weight excluding hydrogens is 205 g/mol. The van der Waals surface area contributed by atoms with E-state index in [1.54, 1.807) is 25.1 Å². The third kappa shape index (κ3) is 11.1. The molecule has 1 aliphatic heterocycles. The van der Waals surface area contributed by atoms with Crippen LogP contribution in [0.5, 0.6) is 0 Å². The molecule has 0 bridgehead atoms. The zero-order valence-electron chi connectivity index (χ0n) is 9.95. The second kappa shape index (κ2) is 12.1. The molecule has 0 aromatic heterocycles. The van der Waals surface area contributed by atoms with Crippen molar-refractivity contribution in [2.45, 2.75) is 26.2 Å². The van der Waals surface area contributed by atoms with Crippen molar-refractivity contribution in [1.82, 2.24) is 5.32 Å². The third-order valence-corrected chi connectivity index (χ3v) is 1.94. The molecule has 1 aromatic carbocycles. The minimum Gasteiger partial charge on any atom is -0.397 e. The van der Waals surface area contributed by atoms with Crippen LogP contribution in [0.4, 0.5) is 4.39 Å². The summed E-state index contributed by atoms with van der Waals surface area (Å²) in [5, 5.41) is 10.9. The summed E-state index contributed by atoms with van der Waals surface area (Å²) in [5.41, 5.74) is 0. The van der Waals surface area contributed by atoms with Crippen LogP contribution < -0.4 is 5.32 Å². The molecule has 92 valence electrons. The van der Waals surface area contributed by atoms with Gasteiger partial charge in [0.2, 0.25) is 0 Å². The highest BCUT2D eigenvalue weighted by Crippen LogP contribution is 1.96. The SMILES string of the molecule is C1CCNCC1.CCO.Fc1ccccc1. The van der Waals surface area contributed by atoms with Crippen LogP contribution in [0.25, 0.3) is 0 Å². The van der Waals surface area contributed by atoms with Crippen LogP contribution in [-0.4, -0.2) is 24.8 Å². The highest BCUT2D eigenvalue weighted by molar-refractivity contribution is 5.02. The van der Waals surface area contributed by atoms with Gasteiger partial charge in [0, 0.05) is 6.61 Å². The molecule has 1 saturated heterocycles. The van der Waals surface area contributed by atoms with Crippen LogP contribution in [0.1, 0.15) is 26.2 Å². The molecule has 2 nitrogen and oxygen atoms in total. The second-order valence-electron chi connectivity index (χ2n) is 3.42. The van der Waals surface area contributed by atoms with E-state index in [2.05, 4.69) is 5.32 Å². The van der Waals surface area contributed by atoms with E-state index < -0.39 is 0 Å². The fraction of sp³-hybridized carbons (Fsp3) is 0.538. The van der Waals surface area contributed by atoms with Gasteiger partial charge >= 0.3 is 0 Å². The maximum atomic E-state index is 11.9. The van der Waals surface area contributed by atoms with Gasteiger partial charge in [-0.3, -0.25) is 0 Å². The van der Waals surface area contributed by atoms with Gasteiger partial charge in [-0.2, -0.15) is 0 Å². The minimum absolute atomic E-state index is 0.178. The molecule has 1 heterocycles. The van der Waals surface area contributed by atoms with E-state index in [0.717, 1.165) is 0 Å². The summed E-state index contributed by atoms with van der Waals surface area (Å²) in [6, 6.07) is 7.94. The van der Waals surface area contributed by atoms with Crippen molar-refractivity contribution < 1.29 is 9.50 Å². The predicted octanol–water partition coefficient (Wildman–Crippen LogP) is 2.58. The average Bonchev–Trinajstić information content (AvgIpc) is 2.34. The largest absolute Gasteiger partial charge is 0.397 e. The second-order valence-corrected chi connectivity index (χ2v) is 3.42. The first-order chi connectivity index (χ1) is 7.81. The van der Waals surface area contributed by atoms with E-state index in [-0.39, 0.29) is 12.4 Å². The minimum atomic E-state index is -0.178. The lowest BCUT2D eigenvalue weighted by molar-refractivity contribution is 0.318. The Morgan fingerprint density at radius 2 is 1.62 bits per heavy atom. The van der Waals surface area contributed by atoms with Crippen molar-refractivity contribution in [2.75, 3.05) is 19.7 Å².